The number of hydrogen-bond acceptors (Lipinski definition) is 6. The van der Waals surface area contributed by atoms with Crippen LogP contribution >= 0.6 is 0 Å². The van der Waals surface area contributed by atoms with E-state index < -0.39 is 41.3 Å². The molecule has 0 saturated heterocycles. The molecule has 2 atom stereocenters. The van der Waals surface area contributed by atoms with Gasteiger partial charge in [-0.2, -0.15) is 0 Å². The number of imidazole rings is 1. The Labute approximate surface area is 172 Å². The smallest absolute Gasteiger partial charge is 0.332 e. The minimum Gasteiger partial charge on any atom is -0.468 e. The van der Waals surface area contributed by atoms with E-state index in [0.717, 1.165) is 16.7 Å². The predicted molar refractivity (Wildman–Crippen MR) is 104 cm³/mol. The molecule has 0 bridgehead atoms. The number of benzene rings is 1. The quantitative estimate of drug-likeness (QED) is 0.614. The van der Waals surface area contributed by atoms with E-state index in [2.05, 4.69) is 5.32 Å². The zero-order valence-corrected chi connectivity index (χ0v) is 17.2. The Morgan fingerprint density at radius 2 is 1.57 bits per heavy atom. The summed E-state index contributed by atoms with van der Waals surface area (Å²) in [6.07, 6.45) is 3.10. The van der Waals surface area contributed by atoms with Crippen molar-refractivity contribution in [1.82, 2.24) is 14.5 Å². The summed E-state index contributed by atoms with van der Waals surface area (Å²) < 4.78 is 38.8. The molecule has 0 aliphatic rings. The largest absolute Gasteiger partial charge is 0.468 e. The molecule has 0 fully saturated rings. The van der Waals surface area contributed by atoms with E-state index in [1.54, 1.807) is 0 Å². The van der Waals surface area contributed by atoms with Crippen molar-refractivity contribution in [1.29, 1.82) is 0 Å². The van der Waals surface area contributed by atoms with Gasteiger partial charge in [0.15, 0.2) is 0 Å². The highest BCUT2D eigenvalue weighted by Crippen LogP contribution is 2.12. The molecule has 2 rings (SSSR count). The summed E-state index contributed by atoms with van der Waals surface area (Å²) in [6.45, 7) is 3.66. The van der Waals surface area contributed by atoms with E-state index in [9.17, 15) is 23.2 Å². The summed E-state index contributed by atoms with van der Waals surface area (Å²) in [7, 11) is 2.43. The number of halogens is 2. The van der Waals surface area contributed by atoms with E-state index in [1.807, 2.05) is 13.8 Å². The SMILES string of the molecule is COC(=O)[C@H](CC(C)C)N[C@@H](Cn1ccn(-c2cc(F)cc(F)c2)c1=O)C(=O)OC. The van der Waals surface area contributed by atoms with Gasteiger partial charge in [0.25, 0.3) is 0 Å². The Morgan fingerprint density at radius 1 is 1.00 bits per heavy atom. The van der Waals surface area contributed by atoms with E-state index in [4.69, 9.17) is 9.47 Å². The van der Waals surface area contributed by atoms with E-state index in [-0.39, 0.29) is 18.2 Å². The van der Waals surface area contributed by atoms with Crippen LogP contribution in [0, 0.1) is 17.6 Å². The van der Waals surface area contributed by atoms with Crippen LogP contribution in [0.3, 0.4) is 0 Å². The zero-order chi connectivity index (χ0) is 22.4. The van der Waals surface area contributed by atoms with Gasteiger partial charge in [-0.3, -0.25) is 24.0 Å². The lowest BCUT2D eigenvalue weighted by Gasteiger charge is -2.24. The number of nitrogens with zero attached hydrogens (tertiary/aromatic N) is 2. The summed E-state index contributed by atoms with van der Waals surface area (Å²) in [6, 6.07) is 0.913. The minimum atomic E-state index is -1.03. The molecule has 1 N–H and O–H groups in total. The van der Waals surface area contributed by atoms with Crippen molar-refractivity contribution in [2.24, 2.45) is 5.92 Å². The number of hydrogen-bond donors (Lipinski definition) is 1. The molecule has 0 aliphatic heterocycles. The Kier molecular flexibility index (Phi) is 7.87. The van der Waals surface area contributed by atoms with E-state index in [1.165, 1.54) is 31.2 Å². The Hall–Kier alpha value is -3.01. The van der Waals surface area contributed by atoms with Crippen molar-refractivity contribution in [2.45, 2.75) is 38.9 Å². The summed E-state index contributed by atoms with van der Waals surface area (Å²) >= 11 is 0. The lowest BCUT2D eigenvalue weighted by molar-refractivity contribution is -0.147. The summed E-state index contributed by atoms with van der Waals surface area (Å²) in [5.74, 6) is -2.74. The lowest BCUT2D eigenvalue weighted by atomic mass is 10.0. The van der Waals surface area contributed by atoms with Crippen molar-refractivity contribution in [3.63, 3.8) is 0 Å². The van der Waals surface area contributed by atoms with Crippen molar-refractivity contribution in [2.75, 3.05) is 14.2 Å². The maximum Gasteiger partial charge on any atom is 0.332 e. The Morgan fingerprint density at radius 3 is 2.10 bits per heavy atom. The highest BCUT2D eigenvalue weighted by Gasteiger charge is 2.29. The van der Waals surface area contributed by atoms with Crippen LogP contribution in [0.25, 0.3) is 5.69 Å². The van der Waals surface area contributed by atoms with Crippen LogP contribution < -0.4 is 11.0 Å². The number of carbonyl (C=O) groups is 2. The molecular weight excluding hydrogens is 400 g/mol. The van der Waals surface area contributed by atoms with Gasteiger partial charge in [-0.1, -0.05) is 13.8 Å². The minimum absolute atomic E-state index is 0.00562. The number of methoxy groups -OCH3 is 2. The van der Waals surface area contributed by atoms with Crippen LogP contribution in [-0.4, -0.2) is 47.4 Å². The highest BCUT2D eigenvalue weighted by atomic mass is 19.1. The lowest BCUT2D eigenvalue weighted by Crippen LogP contribution is -2.51. The molecule has 2 aromatic rings. The molecule has 8 nitrogen and oxygen atoms in total. The monoisotopic (exact) mass is 425 g/mol. The molecule has 0 unspecified atom stereocenters. The van der Waals surface area contributed by atoms with Gasteiger partial charge in [0.2, 0.25) is 0 Å². The van der Waals surface area contributed by atoms with Gasteiger partial charge >= 0.3 is 17.6 Å². The van der Waals surface area contributed by atoms with Crippen LogP contribution in [0.4, 0.5) is 8.78 Å². The third kappa shape index (κ3) is 5.76. The van der Waals surface area contributed by atoms with Crippen molar-refractivity contribution < 1.29 is 27.8 Å². The second-order valence-electron chi connectivity index (χ2n) is 7.18. The first-order chi connectivity index (χ1) is 14.2. The Bertz CT molecular complexity index is 934. The fourth-order valence-corrected chi connectivity index (χ4v) is 3.05. The average Bonchev–Trinajstić information content (AvgIpc) is 3.04. The van der Waals surface area contributed by atoms with Crippen LogP contribution in [0.1, 0.15) is 20.3 Å². The first-order valence-corrected chi connectivity index (χ1v) is 9.32. The van der Waals surface area contributed by atoms with E-state index >= 15 is 0 Å². The maximum atomic E-state index is 13.5. The van der Waals surface area contributed by atoms with Gasteiger partial charge in [0.1, 0.15) is 23.7 Å². The van der Waals surface area contributed by atoms with Crippen molar-refractivity contribution in [3.05, 3.63) is 52.7 Å². The number of carbonyl (C=O) groups excluding carboxylic acids is 2. The highest BCUT2D eigenvalue weighted by molar-refractivity contribution is 5.79. The topological polar surface area (TPSA) is 91.6 Å². The van der Waals surface area contributed by atoms with Gasteiger partial charge in [0.05, 0.1) is 26.5 Å². The first-order valence-electron chi connectivity index (χ1n) is 9.32. The molecule has 1 aromatic heterocycles. The Balaban J connectivity index is 2.31. The fraction of sp³-hybridized carbons (Fsp3) is 0.450. The van der Waals surface area contributed by atoms with Gasteiger partial charge < -0.3 is 9.47 Å². The van der Waals surface area contributed by atoms with Gasteiger partial charge in [-0.25, -0.2) is 13.6 Å². The zero-order valence-electron chi connectivity index (χ0n) is 17.2. The second-order valence-corrected chi connectivity index (χ2v) is 7.18. The second kappa shape index (κ2) is 10.1. The number of nitrogens with one attached hydrogen (secondary N) is 1. The molecule has 0 amide bonds. The van der Waals surface area contributed by atoms with Gasteiger partial charge in [0, 0.05) is 18.5 Å². The molecule has 10 heteroatoms. The van der Waals surface area contributed by atoms with Gasteiger partial charge in [-0.05, 0) is 24.5 Å². The summed E-state index contributed by atoms with van der Waals surface area (Å²) in [4.78, 5) is 37.1. The molecule has 164 valence electrons. The van der Waals surface area contributed by atoms with Crippen LogP contribution in [-0.2, 0) is 25.6 Å². The third-order valence-electron chi connectivity index (χ3n) is 4.43. The van der Waals surface area contributed by atoms with Crippen LogP contribution in [0.2, 0.25) is 0 Å². The van der Waals surface area contributed by atoms with Crippen LogP contribution in [0.15, 0.2) is 35.4 Å². The summed E-state index contributed by atoms with van der Waals surface area (Å²) in [5.41, 5.74) is -0.611. The van der Waals surface area contributed by atoms with Crippen molar-refractivity contribution >= 4 is 11.9 Å². The fourth-order valence-electron chi connectivity index (χ4n) is 3.05. The van der Waals surface area contributed by atoms with Crippen LogP contribution in [0.5, 0.6) is 0 Å². The molecule has 0 spiro atoms. The molecule has 1 aromatic carbocycles. The van der Waals surface area contributed by atoms with Gasteiger partial charge in [-0.15, -0.1) is 0 Å². The number of rotatable bonds is 9. The average molecular weight is 425 g/mol. The molecule has 0 aliphatic carbocycles. The first kappa shape index (κ1) is 23.3. The summed E-state index contributed by atoms with van der Waals surface area (Å²) in [5, 5.41) is 2.89. The van der Waals surface area contributed by atoms with E-state index in [0.29, 0.717) is 12.5 Å². The predicted octanol–water partition coefficient (Wildman–Crippen LogP) is 1.64. The third-order valence-corrected chi connectivity index (χ3v) is 4.43. The molecule has 30 heavy (non-hydrogen) atoms. The molecular formula is C20H25F2N3O5. The normalized spacial score (nSPS) is 13.2. The van der Waals surface area contributed by atoms with Crippen molar-refractivity contribution in [3.8, 4) is 5.69 Å². The number of esters is 2. The molecule has 0 saturated carbocycles. The molecule has 0 radical (unpaired) electrons. The maximum absolute atomic E-state index is 13.5. The number of aromatic nitrogens is 2. The molecule has 1 heterocycles. The number of ether oxygens (including phenoxy) is 2. The standard InChI is InChI=1S/C20H25F2N3O5/c1-12(2)7-16(18(26)29-3)23-17(19(27)30-4)11-24-5-6-25(20(24)28)15-9-13(21)8-14(22)10-15/h5-6,8-10,12,16-17,23H,7,11H2,1-4H3/t16-,17-/m0/s1.